The van der Waals surface area contributed by atoms with Gasteiger partial charge in [-0.05, 0) is 50.0 Å². The maximum Gasteiger partial charge on any atom is 0.0802 e. The number of halogens is 1. The Hall–Kier alpha value is -1.16. The summed E-state index contributed by atoms with van der Waals surface area (Å²) in [5.74, 6) is 0. The molecule has 122 valence electrons. The first-order valence-electron chi connectivity index (χ1n) is 8.00. The molecule has 0 saturated carbocycles. The molecule has 2 aliphatic rings. The zero-order valence-electron chi connectivity index (χ0n) is 13.6. The van der Waals surface area contributed by atoms with Crippen LogP contribution in [0.15, 0.2) is 62.5 Å². The van der Waals surface area contributed by atoms with E-state index in [-0.39, 0.29) is 0 Å². The largest absolute Gasteiger partial charge is 0.383 e. The van der Waals surface area contributed by atoms with E-state index in [2.05, 4.69) is 48.2 Å². The maximum absolute atomic E-state index is 6.47. The lowest BCUT2D eigenvalue weighted by Crippen LogP contribution is -2.22. The number of benzene rings is 1. The van der Waals surface area contributed by atoms with Crippen molar-refractivity contribution in [3.05, 3.63) is 57.6 Å². The van der Waals surface area contributed by atoms with E-state index >= 15 is 0 Å². The summed E-state index contributed by atoms with van der Waals surface area (Å²) in [6.45, 7) is 3.70. The second-order valence-corrected chi connectivity index (χ2v) is 7.30. The van der Waals surface area contributed by atoms with Gasteiger partial charge in [-0.15, -0.1) is 0 Å². The molecule has 1 heterocycles. The summed E-state index contributed by atoms with van der Waals surface area (Å²) in [7, 11) is 1.75. The van der Waals surface area contributed by atoms with Gasteiger partial charge in [-0.1, -0.05) is 47.1 Å². The Morgan fingerprint density at radius 3 is 2.91 bits per heavy atom. The van der Waals surface area contributed by atoms with Crippen LogP contribution in [0.5, 0.6) is 0 Å². The van der Waals surface area contributed by atoms with E-state index in [9.17, 15) is 0 Å². The van der Waals surface area contributed by atoms with Crippen molar-refractivity contribution < 1.29 is 4.74 Å². The molecule has 0 radical (unpaired) electrons. The molecule has 0 aromatic heterocycles. The van der Waals surface area contributed by atoms with Gasteiger partial charge in [0.2, 0.25) is 0 Å². The molecule has 3 rings (SSSR count). The van der Waals surface area contributed by atoms with Crippen LogP contribution in [0.2, 0.25) is 0 Å². The highest BCUT2D eigenvalue weighted by Gasteiger charge is 2.24. The Kier molecular flexibility index (Phi) is 5.52. The molecule has 0 saturated heterocycles. The van der Waals surface area contributed by atoms with E-state index in [0.717, 1.165) is 24.4 Å². The molecule has 4 heteroatoms. The number of hydrogen-bond donors (Lipinski definition) is 0. The Balaban J connectivity index is 1.88. The SMILES string of the molecule is COCCN1/C(=C/C=C2\CCCC(C)=C2Cl)Sc2ccccc21. The van der Waals surface area contributed by atoms with Crippen molar-refractivity contribution in [3.8, 4) is 0 Å². The molecule has 1 aromatic carbocycles. The van der Waals surface area contributed by atoms with Crippen molar-refractivity contribution in [2.75, 3.05) is 25.2 Å². The predicted molar refractivity (Wildman–Crippen MR) is 100 cm³/mol. The third-order valence-corrected chi connectivity index (χ3v) is 5.93. The van der Waals surface area contributed by atoms with Crippen LogP contribution in [-0.4, -0.2) is 20.3 Å². The second-order valence-electron chi connectivity index (χ2n) is 5.86. The lowest BCUT2D eigenvalue weighted by Gasteiger charge is -2.20. The molecule has 1 aromatic rings. The van der Waals surface area contributed by atoms with Gasteiger partial charge in [0.25, 0.3) is 0 Å². The van der Waals surface area contributed by atoms with E-state index in [1.807, 2.05) is 11.8 Å². The van der Waals surface area contributed by atoms with Gasteiger partial charge in [0.05, 0.1) is 17.3 Å². The third-order valence-electron chi connectivity index (χ3n) is 4.24. The minimum Gasteiger partial charge on any atom is -0.383 e. The second kappa shape index (κ2) is 7.61. The van der Waals surface area contributed by atoms with E-state index in [1.165, 1.54) is 33.2 Å². The monoisotopic (exact) mass is 347 g/mol. The summed E-state index contributed by atoms with van der Waals surface area (Å²) in [6, 6.07) is 8.52. The lowest BCUT2D eigenvalue weighted by atomic mass is 9.96. The molecule has 0 bridgehead atoms. The van der Waals surface area contributed by atoms with E-state index in [0.29, 0.717) is 6.61 Å². The van der Waals surface area contributed by atoms with Crippen LogP contribution in [-0.2, 0) is 4.74 Å². The minimum atomic E-state index is 0.711. The molecule has 0 atom stereocenters. The number of thioether (sulfide) groups is 1. The Morgan fingerprint density at radius 1 is 1.26 bits per heavy atom. The first kappa shape index (κ1) is 16.7. The van der Waals surface area contributed by atoms with Gasteiger partial charge in [-0.2, -0.15) is 0 Å². The number of rotatable bonds is 4. The van der Waals surface area contributed by atoms with E-state index in [4.69, 9.17) is 16.3 Å². The summed E-state index contributed by atoms with van der Waals surface area (Å²) in [4.78, 5) is 3.63. The molecular weight excluding hydrogens is 326 g/mol. The molecule has 0 spiro atoms. The van der Waals surface area contributed by atoms with Crippen molar-refractivity contribution in [3.63, 3.8) is 0 Å². The predicted octanol–water partition coefficient (Wildman–Crippen LogP) is 5.71. The lowest BCUT2D eigenvalue weighted by molar-refractivity contribution is 0.207. The van der Waals surface area contributed by atoms with Crippen LogP contribution in [0.1, 0.15) is 26.2 Å². The van der Waals surface area contributed by atoms with Crippen LogP contribution in [0.3, 0.4) is 0 Å². The van der Waals surface area contributed by atoms with Crippen LogP contribution in [0.4, 0.5) is 5.69 Å². The summed E-state index contributed by atoms with van der Waals surface area (Å²) in [5.41, 5.74) is 3.83. The fourth-order valence-electron chi connectivity index (χ4n) is 2.96. The fourth-order valence-corrected chi connectivity index (χ4v) is 4.30. The molecule has 1 aliphatic heterocycles. The fraction of sp³-hybridized carbons (Fsp3) is 0.368. The first-order chi connectivity index (χ1) is 11.2. The molecule has 0 unspecified atom stereocenters. The summed E-state index contributed by atoms with van der Waals surface area (Å²) < 4.78 is 5.27. The normalized spacial score (nSPS) is 21.4. The minimum absolute atomic E-state index is 0.711. The van der Waals surface area contributed by atoms with Gasteiger partial charge < -0.3 is 9.64 Å². The summed E-state index contributed by atoms with van der Waals surface area (Å²) >= 11 is 8.28. The van der Waals surface area contributed by atoms with Gasteiger partial charge in [0.15, 0.2) is 0 Å². The number of para-hydroxylation sites is 1. The standard InChI is InChI=1S/C19H22ClNOS/c1-14-6-5-7-15(19(14)20)10-11-18-21(12-13-22-2)16-8-3-4-9-17(16)23-18/h3-4,8-11H,5-7,12-13H2,1-2H3/b15-10+,18-11-. The van der Waals surface area contributed by atoms with Crippen LogP contribution >= 0.6 is 23.4 Å². The summed E-state index contributed by atoms with van der Waals surface area (Å²) in [5, 5.41) is 2.19. The number of anilines is 1. The van der Waals surface area contributed by atoms with Crippen molar-refractivity contribution >= 4 is 29.1 Å². The van der Waals surface area contributed by atoms with Gasteiger partial charge >= 0.3 is 0 Å². The Labute approximate surface area is 147 Å². The summed E-state index contributed by atoms with van der Waals surface area (Å²) in [6.07, 6.45) is 7.77. The van der Waals surface area contributed by atoms with E-state index in [1.54, 1.807) is 7.11 Å². The molecule has 2 nitrogen and oxygen atoms in total. The van der Waals surface area contributed by atoms with Crippen molar-refractivity contribution in [1.29, 1.82) is 0 Å². The van der Waals surface area contributed by atoms with Gasteiger partial charge in [-0.3, -0.25) is 0 Å². The molecular formula is C19H22ClNOS. The quantitative estimate of drug-likeness (QED) is 0.692. The number of allylic oxidation sites excluding steroid dienone is 5. The zero-order valence-corrected chi connectivity index (χ0v) is 15.2. The average molecular weight is 348 g/mol. The zero-order chi connectivity index (χ0) is 16.2. The van der Waals surface area contributed by atoms with Crippen LogP contribution in [0.25, 0.3) is 0 Å². The Morgan fingerprint density at radius 2 is 2.09 bits per heavy atom. The highest BCUT2D eigenvalue weighted by molar-refractivity contribution is 8.03. The van der Waals surface area contributed by atoms with Gasteiger partial charge in [-0.25, -0.2) is 0 Å². The Bertz CT molecular complexity index is 678. The third kappa shape index (κ3) is 3.68. The van der Waals surface area contributed by atoms with Crippen LogP contribution in [0, 0.1) is 0 Å². The number of ether oxygens (including phenoxy) is 1. The number of nitrogens with zero attached hydrogens (tertiary/aromatic N) is 1. The average Bonchev–Trinajstić information content (AvgIpc) is 2.92. The molecule has 0 N–H and O–H groups in total. The molecule has 0 amide bonds. The maximum atomic E-state index is 6.47. The topological polar surface area (TPSA) is 12.5 Å². The van der Waals surface area contributed by atoms with Crippen molar-refractivity contribution in [2.24, 2.45) is 0 Å². The van der Waals surface area contributed by atoms with E-state index < -0.39 is 0 Å². The van der Waals surface area contributed by atoms with Crippen LogP contribution < -0.4 is 4.90 Å². The highest BCUT2D eigenvalue weighted by atomic mass is 35.5. The number of fused-ring (bicyclic) bond motifs is 1. The van der Waals surface area contributed by atoms with Crippen molar-refractivity contribution in [2.45, 2.75) is 31.1 Å². The van der Waals surface area contributed by atoms with Gasteiger partial charge in [0.1, 0.15) is 0 Å². The number of methoxy groups -OCH3 is 1. The van der Waals surface area contributed by atoms with Gasteiger partial charge in [0, 0.05) is 23.6 Å². The highest BCUT2D eigenvalue weighted by Crippen LogP contribution is 2.45. The smallest absolute Gasteiger partial charge is 0.0802 e. The first-order valence-corrected chi connectivity index (χ1v) is 9.20. The molecule has 23 heavy (non-hydrogen) atoms. The van der Waals surface area contributed by atoms with Crippen molar-refractivity contribution in [1.82, 2.24) is 0 Å². The number of hydrogen-bond acceptors (Lipinski definition) is 3. The molecule has 1 aliphatic carbocycles. The molecule has 0 fully saturated rings.